The van der Waals surface area contributed by atoms with Gasteiger partial charge in [0.2, 0.25) is 0 Å². The van der Waals surface area contributed by atoms with Gasteiger partial charge < -0.3 is 25.3 Å². The molecule has 0 spiro atoms. The maximum atomic E-state index is 11.4. The Balaban J connectivity index is -0.000000497. The van der Waals surface area contributed by atoms with Gasteiger partial charge in [0, 0.05) is 0 Å². The zero-order valence-corrected chi connectivity index (χ0v) is 24.0. The second kappa shape index (κ2) is 22.4. The maximum absolute atomic E-state index is 11.4. The van der Waals surface area contributed by atoms with Gasteiger partial charge >= 0.3 is 59.2 Å². The van der Waals surface area contributed by atoms with Crippen LogP contribution in [-0.2, 0) is 32.6 Å². The molecule has 1 heterocycles. The van der Waals surface area contributed by atoms with E-state index >= 15 is 0 Å². The van der Waals surface area contributed by atoms with Gasteiger partial charge in [-0.1, -0.05) is 34.6 Å². The van der Waals surface area contributed by atoms with Gasteiger partial charge in [0.05, 0.1) is 66.1 Å². The molecule has 0 aromatic rings. The van der Waals surface area contributed by atoms with Crippen molar-refractivity contribution in [2.45, 2.75) is 47.5 Å². The van der Waals surface area contributed by atoms with Crippen LogP contribution in [0.15, 0.2) is 0 Å². The van der Waals surface area contributed by atoms with E-state index in [2.05, 4.69) is 20.8 Å². The molecule has 0 bridgehead atoms. The molecule has 8 nitrogen and oxygen atoms in total. The van der Waals surface area contributed by atoms with Crippen LogP contribution in [0.4, 0.5) is 0 Å². The van der Waals surface area contributed by atoms with Gasteiger partial charge in [0.1, 0.15) is 0 Å². The van der Waals surface area contributed by atoms with Gasteiger partial charge in [-0.3, -0.25) is 9.05 Å². The average molecular weight is 483 g/mol. The van der Waals surface area contributed by atoms with E-state index in [-0.39, 0.29) is 71.9 Å². The predicted molar refractivity (Wildman–Crippen MR) is 114 cm³/mol. The predicted octanol–water partition coefficient (Wildman–Crippen LogP) is 1.03. The van der Waals surface area contributed by atoms with Crippen LogP contribution in [0, 0.1) is 17.8 Å². The van der Waals surface area contributed by atoms with Gasteiger partial charge in [0.25, 0.3) is 0 Å². The molecule has 30 heavy (non-hydrogen) atoms. The summed E-state index contributed by atoms with van der Waals surface area (Å²) >= 11 is 0. The van der Waals surface area contributed by atoms with E-state index in [1.54, 1.807) is 0 Å². The zero-order chi connectivity index (χ0) is 22.0. The third kappa shape index (κ3) is 25.8. The van der Waals surface area contributed by atoms with E-state index in [1.165, 1.54) is 0 Å². The van der Waals surface area contributed by atoms with E-state index in [0.717, 1.165) is 12.8 Å². The minimum absolute atomic E-state index is 0. The third-order valence-corrected chi connectivity index (χ3v) is 4.78. The first-order valence-corrected chi connectivity index (χ1v) is 12.1. The molecule has 0 aromatic heterocycles. The van der Waals surface area contributed by atoms with Crippen molar-refractivity contribution < 1.29 is 90.3 Å². The zero-order valence-electron chi connectivity index (χ0n) is 21.0. The molecule has 10 heteroatoms. The van der Waals surface area contributed by atoms with Gasteiger partial charge in [-0.25, -0.2) is 4.57 Å². The van der Waals surface area contributed by atoms with Crippen molar-refractivity contribution >= 4 is 7.82 Å². The van der Waals surface area contributed by atoms with Crippen molar-refractivity contribution in [1.29, 1.82) is 0 Å². The van der Waals surface area contributed by atoms with Gasteiger partial charge in [-0.15, -0.1) is 0 Å². The fourth-order valence-corrected chi connectivity index (χ4v) is 3.35. The van der Waals surface area contributed by atoms with Gasteiger partial charge in [-0.05, 0) is 30.6 Å². The number of ether oxygens (including phenoxy) is 4. The minimum Gasteiger partial charge on any atom is -1.00 e. The molecule has 0 amide bonds. The minimum atomic E-state index is -3.84. The first-order chi connectivity index (χ1) is 13.7. The Hall–Kier alpha value is 1.59. The van der Waals surface area contributed by atoms with Crippen LogP contribution in [0.2, 0.25) is 0 Å². The summed E-state index contributed by atoms with van der Waals surface area (Å²) in [5, 5.41) is 0. The molecular weight excluding hydrogens is 438 g/mol. The number of phosphoric ester groups is 1. The average Bonchev–Trinajstić information content (AvgIpc) is 2.60. The van der Waals surface area contributed by atoms with Crippen molar-refractivity contribution in [2.75, 3.05) is 66.1 Å². The molecule has 0 aromatic carbocycles. The molecule has 2 unspecified atom stereocenters. The molecule has 1 aliphatic rings. The summed E-state index contributed by atoms with van der Waals surface area (Å²) < 4.78 is 42.1. The smallest absolute Gasteiger partial charge is 1.00 e. The summed E-state index contributed by atoms with van der Waals surface area (Å²) in [5.41, 5.74) is 0. The van der Waals surface area contributed by atoms with Crippen molar-refractivity contribution in [3.63, 3.8) is 0 Å². The number of hydrogen-bond donors (Lipinski definition) is 1. The summed E-state index contributed by atoms with van der Waals surface area (Å²) in [6.45, 7) is 16.0. The van der Waals surface area contributed by atoms with E-state index in [1.807, 2.05) is 13.8 Å². The summed E-state index contributed by atoms with van der Waals surface area (Å²) in [4.78, 5) is 9.37. The van der Waals surface area contributed by atoms with Crippen LogP contribution >= 0.6 is 7.82 Å². The van der Waals surface area contributed by atoms with Crippen molar-refractivity contribution in [3.8, 4) is 0 Å². The van der Waals surface area contributed by atoms with E-state index < -0.39 is 7.82 Å². The topological polar surface area (TPSA) is 92.7 Å². The Kier molecular flexibility index (Phi) is 25.2. The molecule has 0 saturated carbocycles. The van der Waals surface area contributed by atoms with Crippen LogP contribution in [0.5, 0.6) is 0 Å². The van der Waals surface area contributed by atoms with E-state index in [0.29, 0.717) is 64.7 Å². The fraction of sp³-hybridized carbons (Fsp3) is 1.00. The Morgan fingerprint density at radius 3 is 1.53 bits per heavy atom. The van der Waals surface area contributed by atoms with Crippen molar-refractivity contribution in [1.82, 2.24) is 0 Å². The molecule has 1 saturated heterocycles. The molecule has 1 aliphatic heterocycles. The van der Waals surface area contributed by atoms with E-state index in [9.17, 15) is 9.46 Å². The Morgan fingerprint density at radius 2 is 1.20 bits per heavy atom. The van der Waals surface area contributed by atoms with Crippen molar-refractivity contribution in [3.05, 3.63) is 0 Å². The molecule has 1 fully saturated rings. The van der Waals surface area contributed by atoms with Gasteiger partial charge in [-0.2, -0.15) is 0 Å². The maximum Gasteiger partial charge on any atom is 1.00 e. The van der Waals surface area contributed by atoms with Crippen LogP contribution in [0.1, 0.15) is 48.9 Å². The first kappa shape index (κ1) is 33.8. The molecule has 0 aliphatic carbocycles. The Bertz CT molecular complexity index is 376. The fourth-order valence-electron chi connectivity index (χ4n) is 2.45. The molecule has 0 radical (unpaired) electrons. The van der Waals surface area contributed by atoms with Crippen LogP contribution in [0.3, 0.4) is 0 Å². The summed E-state index contributed by atoms with van der Waals surface area (Å²) in [7, 11) is -3.84. The molecule has 2 atom stereocenters. The van der Waals surface area contributed by atoms with Crippen LogP contribution in [-0.4, -0.2) is 71.0 Å². The van der Waals surface area contributed by atoms with Crippen molar-refractivity contribution in [2.24, 2.45) is 17.8 Å². The number of hydrogen-bond acceptors (Lipinski definition) is 7. The SMILES string of the molecule is C1COCCOCCOCCO1.CC(C)COP(=O)(O)OCCC(C)CC(C)C.[H-].[K+]. The summed E-state index contributed by atoms with van der Waals surface area (Å²) in [6, 6.07) is 0. The molecule has 1 rings (SSSR count). The second-order valence-electron chi connectivity index (χ2n) is 7.96. The van der Waals surface area contributed by atoms with E-state index in [4.69, 9.17) is 28.0 Å². The molecule has 178 valence electrons. The number of rotatable bonds is 9. The quantitative estimate of drug-likeness (QED) is 0.385. The monoisotopic (exact) mass is 482 g/mol. The second-order valence-corrected chi connectivity index (χ2v) is 9.42. The van der Waals surface area contributed by atoms with Crippen LogP contribution < -0.4 is 51.4 Å². The summed E-state index contributed by atoms with van der Waals surface area (Å²) in [6.07, 6.45) is 1.89. The Labute approximate surface area is 227 Å². The van der Waals surface area contributed by atoms with Gasteiger partial charge in [0.15, 0.2) is 0 Å². The summed E-state index contributed by atoms with van der Waals surface area (Å²) in [5.74, 6) is 1.36. The number of phosphoric acid groups is 1. The molecule has 1 N–H and O–H groups in total. The Morgan fingerprint density at radius 1 is 0.800 bits per heavy atom. The largest absolute Gasteiger partial charge is 1.00 e. The first-order valence-electron chi connectivity index (χ1n) is 10.7. The molecular formula is C20H44KO8P. The van der Waals surface area contributed by atoms with Crippen LogP contribution in [0.25, 0.3) is 0 Å². The third-order valence-electron chi connectivity index (χ3n) is 3.80. The standard InChI is InChI=1S/C12H27O4P.C8H16O4.K.H/c1-10(2)8-12(5)6-7-15-17(13,14)16-9-11(3)4;1-2-10-5-6-12-8-7-11-4-3-9-1;;/h10-12H,6-9H2,1-5H3,(H,13,14);1-8H2;;/q;;+1;-1. The normalized spacial score (nSPS) is 19.5.